The van der Waals surface area contributed by atoms with Gasteiger partial charge in [-0.25, -0.2) is 9.78 Å². The van der Waals surface area contributed by atoms with Crippen molar-refractivity contribution in [2.75, 3.05) is 12.3 Å². The standard InChI is InChI=1S/C19H29N5O7S/c1-24-10-22-8-12(24)6-11(7-13(25)4-5-20)19(31)32-9-15(18(29)30)23-16(26)3-2-14(21)17(27)28/h8,10-11,14-15H,2-7,9,20-21H2,1H3,(H,23,26)(H,27,28)(H,29,30)/t11-,14?,15?/m1/s1. The number of carboxylic acids is 2. The molecule has 0 spiro atoms. The van der Waals surface area contributed by atoms with Crippen LogP contribution in [0, 0.1) is 5.92 Å². The molecule has 1 aromatic heterocycles. The molecule has 0 aliphatic rings. The maximum atomic E-state index is 12.8. The van der Waals surface area contributed by atoms with Gasteiger partial charge in [-0.1, -0.05) is 11.8 Å². The molecule has 0 fully saturated rings. The molecular weight excluding hydrogens is 442 g/mol. The van der Waals surface area contributed by atoms with Gasteiger partial charge in [0.1, 0.15) is 17.9 Å². The summed E-state index contributed by atoms with van der Waals surface area (Å²) in [5.74, 6) is -4.43. The zero-order chi connectivity index (χ0) is 24.3. The minimum Gasteiger partial charge on any atom is -0.480 e. The van der Waals surface area contributed by atoms with Crippen LogP contribution in [0.5, 0.6) is 0 Å². The molecule has 0 saturated carbocycles. The van der Waals surface area contributed by atoms with Crippen LogP contribution in [0.3, 0.4) is 0 Å². The average Bonchev–Trinajstić information content (AvgIpc) is 3.12. The molecule has 32 heavy (non-hydrogen) atoms. The summed E-state index contributed by atoms with van der Waals surface area (Å²) < 4.78 is 1.72. The maximum Gasteiger partial charge on any atom is 0.327 e. The lowest BCUT2D eigenvalue weighted by Gasteiger charge is -2.18. The van der Waals surface area contributed by atoms with Crippen LogP contribution in [0.25, 0.3) is 0 Å². The predicted molar refractivity (Wildman–Crippen MR) is 116 cm³/mol. The molecule has 1 amide bonds. The molecule has 13 heteroatoms. The number of aryl methyl sites for hydroxylation is 1. The molecule has 12 nitrogen and oxygen atoms in total. The Balaban J connectivity index is 2.73. The van der Waals surface area contributed by atoms with Gasteiger partial charge in [-0.15, -0.1) is 0 Å². The van der Waals surface area contributed by atoms with E-state index in [4.69, 9.17) is 16.6 Å². The SMILES string of the molecule is Cn1cncc1C[C@H](CC(=O)CCN)C(=O)SCC(NC(=O)CCC(N)C(=O)O)C(=O)O. The predicted octanol–water partition coefficient (Wildman–Crippen LogP) is -1.09. The number of carbonyl (C=O) groups excluding carboxylic acids is 3. The number of imidazole rings is 1. The van der Waals surface area contributed by atoms with Crippen LogP contribution in [0.2, 0.25) is 0 Å². The number of carbonyl (C=O) groups is 5. The van der Waals surface area contributed by atoms with Crippen molar-refractivity contribution in [1.82, 2.24) is 14.9 Å². The lowest BCUT2D eigenvalue weighted by Crippen LogP contribution is -2.43. The highest BCUT2D eigenvalue weighted by Gasteiger charge is 2.27. The van der Waals surface area contributed by atoms with Crippen LogP contribution in [-0.2, 0) is 37.4 Å². The summed E-state index contributed by atoms with van der Waals surface area (Å²) in [7, 11) is 1.75. The third-order valence-corrected chi connectivity index (χ3v) is 5.75. The molecule has 7 N–H and O–H groups in total. The first-order valence-corrected chi connectivity index (χ1v) is 10.9. The number of hydrogen-bond acceptors (Lipinski definition) is 9. The van der Waals surface area contributed by atoms with Crippen LogP contribution in [0.15, 0.2) is 12.5 Å². The fourth-order valence-electron chi connectivity index (χ4n) is 2.75. The summed E-state index contributed by atoms with van der Waals surface area (Å²) in [6, 6.07) is -2.60. The molecule has 178 valence electrons. The zero-order valence-electron chi connectivity index (χ0n) is 17.7. The third kappa shape index (κ3) is 9.58. The first-order chi connectivity index (χ1) is 15.0. The van der Waals surface area contributed by atoms with Crippen molar-refractivity contribution in [2.24, 2.45) is 24.4 Å². The zero-order valence-corrected chi connectivity index (χ0v) is 18.5. The number of amides is 1. The summed E-state index contributed by atoms with van der Waals surface area (Å²) in [5.41, 5.74) is 11.5. The van der Waals surface area contributed by atoms with Gasteiger partial charge in [-0.3, -0.25) is 19.2 Å². The first-order valence-electron chi connectivity index (χ1n) is 9.89. The highest BCUT2D eigenvalue weighted by molar-refractivity contribution is 8.13. The van der Waals surface area contributed by atoms with Gasteiger partial charge in [0.25, 0.3) is 0 Å². The number of nitrogens with one attached hydrogen (secondary N) is 1. The van der Waals surface area contributed by atoms with Crippen LogP contribution < -0.4 is 16.8 Å². The van der Waals surface area contributed by atoms with Gasteiger partial charge in [-0.05, 0) is 13.0 Å². The van der Waals surface area contributed by atoms with E-state index in [9.17, 15) is 29.1 Å². The van der Waals surface area contributed by atoms with Gasteiger partial charge in [0.05, 0.1) is 6.33 Å². The molecule has 0 radical (unpaired) electrons. The minimum atomic E-state index is -1.37. The Morgan fingerprint density at radius 1 is 1.19 bits per heavy atom. The van der Waals surface area contributed by atoms with E-state index in [0.717, 1.165) is 5.69 Å². The number of carboxylic acid groups (broad SMARTS) is 2. The fourth-order valence-corrected chi connectivity index (χ4v) is 3.70. The number of thioether (sulfide) groups is 1. The van der Waals surface area contributed by atoms with Gasteiger partial charge in [0.2, 0.25) is 5.91 Å². The molecule has 0 aromatic carbocycles. The summed E-state index contributed by atoms with van der Waals surface area (Å²) in [6.45, 7) is 0.164. The monoisotopic (exact) mass is 471 g/mol. The van der Waals surface area contributed by atoms with Gasteiger partial charge in [0, 0.05) is 56.3 Å². The van der Waals surface area contributed by atoms with E-state index in [1.807, 2.05) is 0 Å². The van der Waals surface area contributed by atoms with Crippen molar-refractivity contribution < 1.29 is 34.2 Å². The Bertz CT molecular complexity index is 829. The normalized spacial score (nSPS) is 13.7. The second-order valence-corrected chi connectivity index (χ2v) is 8.27. The summed E-state index contributed by atoms with van der Waals surface area (Å²) in [4.78, 5) is 63.0. The van der Waals surface area contributed by atoms with E-state index in [1.165, 1.54) is 0 Å². The fraction of sp³-hybridized carbons (Fsp3) is 0.579. The number of aromatic nitrogens is 2. The molecule has 0 bridgehead atoms. The first kappa shape index (κ1) is 27.3. The number of nitrogens with zero attached hydrogens (tertiary/aromatic N) is 2. The number of aliphatic carboxylic acids is 2. The Morgan fingerprint density at radius 2 is 1.88 bits per heavy atom. The minimum absolute atomic E-state index is 0.0363. The molecular formula is C19H29N5O7S. The topological polar surface area (TPSA) is 208 Å². The van der Waals surface area contributed by atoms with Crippen molar-refractivity contribution in [3.63, 3.8) is 0 Å². The molecule has 2 unspecified atom stereocenters. The largest absolute Gasteiger partial charge is 0.480 e. The number of nitrogens with two attached hydrogens (primary N) is 2. The lowest BCUT2D eigenvalue weighted by atomic mass is 9.97. The van der Waals surface area contributed by atoms with Crippen molar-refractivity contribution in [3.8, 4) is 0 Å². The van der Waals surface area contributed by atoms with Crippen LogP contribution >= 0.6 is 11.8 Å². The molecule has 1 rings (SSSR count). The Morgan fingerprint density at radius 3 is 2.41 bits per heavy atom. The number of ketones is 1. The van der Waals surface area contributed by atoms with Crippen molar-refractivity contribution in [2.45, 2.75) is 44.2 Å². The maximum absolute atomic E-state index is 12.8. The van der Waals surface area contributed by atoms with E-state index in [2.05, 4.69) is 10.3 Å². The van der Waals surface area contributed by atoms with Gasteiger partial charge in [-0.2, -0.15) is 0 Å². The average molecular weight is 472 g/mol. The highest BCUT2D eigenvalue weighted by Crippen LogP contribution is 2.21. The molecule has 0 saturated heterocycles. The number of hydrogen-bond donors (Lipinski definition) is 5. The smallest absolute Gasteiger partial charge is 0.327 e. The molecule has 0 aliphatic carbocycles. The van der Waals surface area contributed by atoms with E-state index in [1.54, 1.807) is 24.1 Å². The Kier molecular flexibility index (Phi) is 11.6. The second kappa shape index (κ2) is 13.6. The Hall–Kier alpha value is -2.77. The van der Waals surface area contributed by atoms with Crippen molar-refractivity contribution in [1.29, 1.82) is 0 Å². The molecule has 1 heterocycles. The quantitative estimate of drug-likeness (QED) is 0.207. The molecule has 1 aromatic rings. The lowest BCUT2D eigenvalue weighted by molar-refractivity contribution is -0.141. The van der Waals surface area contributed by atoms with Gasteiger partial charge >= 0.3 is 11.9 Å². The summed E-state index contributed by atoms with van der Waals surface area (Å²) >= 11 is 0.714. The van der Waals surface area contributed by atoms with Crippen LogP contribution in [0.1, 0.15) is 31.4 Å². The van der Waals surface area contributed by atoms with E-state index in [0.29, 0.717) is 11.8 Å². The van der Waals surface area contributed by atoms with Crippen LogP contribution in [-0.4, -0.2) is 72.9 Å². The van der Waals surface area contributed by atoms with Crippen molar-refractivity contribution >= 4 is 40.5 Å². The van der Waals surface area contributed by atoms with Crippen LogP contribution in [0.4, 0.5) is 0 Å². The Labute approximate surface area is 189 Å². The molecule has 0 aliphatic heterocycles. The van der Waals surface area contributed by atoms with E-state index < -0.39 is 35.8 Å². The molecule has 3 atom stereocenters. The summed E-state index contributed by atoms with van der Waals surface area (Å²) in [5, 5.41) is 20.0. The third-order valence-electron chi connectivity index (χ3n) is 4.63. The second-order valence-electron chi connectivity index (χ2n) is 7.25. The van der Waals surface area contributed by atoms with E-state index >= 15 is 0 Å². The summed E-state index contributed by atoms with van der Waals surface area (Å²) in [6.07, 6.45) is 3.06. The van der Waals surface area contributed by atoms with Gasteiger partial charge in [0.15, 0.2) is 5.12 Å². The van der Waals surface area contributed by atoms with Gasteiger partial charge < -0.3 is 31.6 Å². The van der Waals surface area contributed by atoms with E-state index in [-0.39, 0.29) is 55.3 Å². The van der Waals surface area contributed by atoms with Crippen molar-refractivity contribution in [3.05, 3.63) is 18.2 Å². The number of Topliss-reactive ketones (excluding diaryl/α,β-unsaturated/α-hetero) is 1. The number of rotatable bonds is 15. The highest BCUT2D eigenvalue weighted by atomic mass is 32.2.